The maximum atomic E-state index is 12.8. The fraction of sp³-hybridized carbons (Fsp3) is 0.682. The molecule has 0 bridgehead atoms. The third-order valence-electron chi connectivity index (χ3n) is 6.46. The molecule has 2 N–H and O–H groups in total. The zero-order chi connectivity index (χ0) is 18.6. The summed E-state index contributed by atoms with van der Waals surface area (Å²) in [4.78, 5) is 17.4. The summed E-state index contributed by atoms with van der Waals surface area (Å²) in [7, 11) is 0. The Bertz CT molecular complexity index is 640. The lowest BCUT2D eigenvalue weighted by atomic mass is 9.94. The van der Waals surface area contributed by atoms with Crippen molar-refractivity contribution in [3.05, 3.63) is 29.8 Å². The van der Waals surface area contributed by atoms with E-state index in [0.29, 0.717) is 18.5 Å². The highest BCUT2D eigenvalue weighted by Crippen LogP contribution is 2.30. The highest BCUT2D eigenvalue weighted by Gasteiger charge is 2.34. The van der Waals surface area contributed by atoms with Crippen molar-refractivity contribution >= 4 is 6.03 Å². The van der Waals surface area contributed by atoms with Crippen LogP contribution in [0.5, 0.6) is 5.75 Å². The van der Waals surface area contributed by atoms with Gasteiger partial charge in [-0.1, -0.05) is 31.4 Å². The minimum Gasteiger partial charge on any atom is -0.508 e. The number of phenolic OH excluding ortho intramolecular Hbond substituents is 1. The number of rotatable bonds is 6. The number of nitrogens with zero attached hydrogens (tertiary/aromatic N) is 2. The van der Waals surface area contributed by atoms with Crippen LogP contribution in [-0.4, -0.2) is 52.7 Å². The number of amides is 2. The number of aromatic hydroxyl groups is 1. The van der Waals surface area contributed by atoms with E-state index in [2.05, 4.69) is 10.2 Å². The van der Waals surface area contributed by atoms with Crippen molar-refractivity contribution in [2.45, 2.75) is 70.0 Å². The van der Waals surface area contributed by atoms with Gasteiger partial charge in [0.2, 0.25) is 0 Å². The monoisotopic (exact) mass is 371 g/mol. The Labute approximate surface area is 162 Å². The van der Waals surface area contributed by atoms with Gasteiger partial charge in [-0.15, -0.1) is 0 Å². The van der Waals surface area contributed by atoms with Crippen LogP contribution < -0.4 is 5.32 Å². The second-order valence-corrected chi connectivity index (χ2v) is 8.66. The van der Waals surface area contributed by atoms with Gasteiger partial charge in [0.05, 0.1) is 0 Å². The van der Waals surface area contributed by atoms with Gasteiger partial charge in [0.1, 0.15) is 5.75 Å². The summed E-state index contributed by atoms with van der Waals surface area (Å²) in [5.41, 5.74) is 0.987. The van der Waals surface area contributed by atoms with E-state index in [1.54, 1.807) is 12.1 Å². The lowest BCUT2D eigenvalue weighted by Gasteiger charge is -2.31. The quantitative estimate of drug-likeness (QED) is 0.801. The van der Waals surface area contributed by atoms with Gasteiger partial charge >= 0.3 is 6.03 Å². The molecule has 27 heavy (non-hydrogen) atoms. The lowest BCUT2D eigenvalue weighted by Crippen LogP contribution is -2.43. The Morgan fingerprint density at radius 1 is 1.15 bits per heavy atom. The van der Waals surface area contributed by atoms with Crippen LogP contribution in [0.3, 0.4) is 0 Å². The molecule has 3 aliphatic rings. The van der Waals surface area contributed by atoms with E-state index >= 15 is 0 Å². The van der Waals surface area contributed by atoms with Crippen LogP contribution in [0, 0.1) is 5.92 Å². The predicted octanol–water partition coefficient (Wildman–Crippen LogP) is 3.72. The van der Waals surface area contributed by atoms with Crippen LogP contribution in [0.15, 0.2) is 24.3 Å². The average molecular weight is 372 g/mol. The number of nitrogens with one attached hydrogen (secondary N) is 1. The molecule has 148 valence electrons. The summed E-state index contributed by atoms with van der Waals surface area (Å²) < 4.78 is 0. The smallest absolute Gasteiger partial charge is 0.317 e. The Morgan fingerprint density at radius 3 is 2.70 bits per heavy atom. The number of carbonyl (C=O) groups excluding carboxylic acids is 1. The van der Waals surface area contributed by atoms with Gasteiger partial charge in [0.15, 0.2) is 0 Å². The van der Waals surface area contributed by atoms with Crippen LogP contribution in [0.1, 0.15) is 56.9 Å². The molecule has 1 heterocycles. The summed E-state index contributed by atoms with van der Waals surface area (Å²) in [6, 6.07) is 8.43. The molecule has 1 aliphatic heterocycles. The van der Waals surface area contributed by atoms with Crippen LogP contribution in [0.4, 0.5) is 4.79 Å². The van der Waals surface area contributed by atoms with Crippen molar-refractivity contribution in [2.75, 3.05) is 19.6 Å². The molecular weight excluding hydrogens is 338 g/mol. The van der Waals surface area contributed by atoms with E-state index in [4.69, 9.17) is 0 Å². The molecule has 2 saturated carbocycles. The highest BCUT2D eigenvalue weighted by atomic mass is 16.3. The maximum Gasteiger partial charge on any atom is 0.317 e. The van der Waals surface area contributed by atoms with Crippen molar-refractivity contribution < 1.29 is 9.90 Å². The summed E-state index contributed by atoms with van der Waals surface area (Å²) in [6.45, 7) is 3.69. The van der Waals surface area contributed by atoms with Crippen LogP contribution in [0.2, 0.25) is 0 Å². The van der Waals surface area contributed by atoms with E-state index in [1.807, 2.05) is 17.0 Å². The first-order valence-electron chi connectivity index (χ1n) is 10.8. The molecule has 0 radical (unpaired) electrons. The summed E-state index contributed by atoms with van der Waals surface area (Å²) in [5.74, 6) is 0.843. The highest BCUT2D eigenvalue weighted by molar-refractivity contribution is 5.75. The van der Waals surface area contributed by atoms with Gasteiger partial charge < -0.3 is 20.2 Å². The minimum atomic E-state index is 0.0527. The number of hydrogen-bond donors (Lipinski definition) is 2. The number of phenols is 1. The molecule has 0 spiro atoms. The van der Waals surface area contributed by atoms with E-state index in [-0.39, 0.29) is 11.8 Å². The fourth-order valence-corrected chi connectivity index (χ4v) is 4.74. The molecule has 3 fully saturated rings. The van der Waals surface area contributed by atoms with Gasteiger partial charge in [-0.05, 0) is 62.3 Å². The molecule has 2 aliphatic carbocycles. The molecule has 5 nitrogen and oxygen atoms in total. The SMILES string of the molecule is O=C(NC[C@@H]1CCN(C2CCCCC2)C1)N(Cc1cccc(O)c1)C1CC1. The first-order chi connectivity index (χ1) is 13.2. The van der Waals surface area contributed by atoms with E-state index in [9.17, 15) is 9.90 Å². The van der Waals surface area contributed by atoms with Gasteiger partial charge in [-0.2, -0.15) is 0 Å². The van der Waals surface area contributed by atoms with E-state index < -0.39 is 0 Å². The molecule has 1 atom stereocenters. The first kappa shape index (κ1) is 18.6. The average Bonchev–Trinajstić information content (AvgIpc) is 3.42. The summed E-state index contributed by atoms with van der Waals surface area (Å²) in [5, 5.41) is 12.9. The van der Waals surface area contributed by atoms with Gasteiger partial charge in [-0.25, -0.2) is 4.79 Å². The zero-order valence-corrected chi connectivity index (χ0v) is 16.3. The van der Waals surface area contributed by atoms with Crippen molar-refractivity contribution in [2.24, 2.45) is 5.92 Å². The number of carbonyl (C=O) groups is 1. The van der Waals surface area contributed by atoms with Gasteiger partial charge in [-0.3, -0.25) is 0 Å². The largest absolute Gasteiger partial charge is 0.508 e. The first-order valence-corrected chi connectivity index (χ1v) is 10.8. The molecule has 0 aromatic heterocycles. The Kier molecular flexibility index (Phi) is 5.86. The van der Waals surface area contributed by atoms with Crippen molar-refractivity contribution in [1.29, 1.82) is 0 Å². The molecule has 1 aromatic carbocycles. The maximum absolute atomic E-state index is 12.8. The number of hydrogen-bond acceptors (Lipinski definition) is 3. The second-order valence-electron chi connectivity index (χ2n) is 8.66. The molecule has 1 saturated heterocycles. The normalized spacial score (nSPS) is 24.1. The minimum absolute atomic E-state index is 0.0527. The van der Waals surface area contributed by atoms with Gasteiger partial charge in [0.25, 0.3) is 0 Å². The Morgan fingerprint density at radius 2 is 1.96 bits per heavy atom. The molecule has 0 unspecified atom stereocenters. The second kappa shape index (κ2) is 8.51. The molecule has 5 heteroatoms. The molecule has 1 aromatic rings. The predicted molar refractivity (Wildman–Crippen MR) is 107 cm³/mol. The number of benzene rings is 1. The molecule has 4 rings (SSSR count). The van der Waals surface area contributed by atoms with Crippen LogP contribution in [-0.2, 0) is 6.54 Å². The molecule has 2 amide bonds. The summed E-state index contributed by atoms with van der Waals surface area (Å²) in [6.07, 6.45) is 10.3. The van der Waals surface area contributed by atoms with Crippen LogP contribution in [0.25, 0.3) is 0 Å². The number of urea groups is 1. The Hall–Kier alpha value is -1.75. The van der Waals surface area contributed by atoms with E-state index in [0.717, 1.165) is 37.5 Å². The number of likely N-dealkylation sites (tertiary alicyclic amines) is 1. The standard InChI is InChI=1S/C22H33N3O2/c26-21-8-4-5-17(13-21)16-25(20-9-10-20)22(27)23-14-18-11-12-24(15-18)19-6-2-1-3-7-19/h4-5,8,13,18-20,26H,1-3,6-7,9-12,14-16H2,(H,23,27)/t18-/m0/s1. The van der Waals surface area contributed by atoms with Crippen molar-refractivity contribution in [3.8, 4) is 5.75 Å². The van der Waals surface area contributed by atoms with Gasteiger partial charge in [0, 0.05) is 31.7 Å². The van der Waals surface area contributed by atoms with E-state index in [1.165, 1.54) is 45.1 Å². The van der Waals surface area contributed by atoms with Crippen LogP contribution >= 0.6 is 0 Å². The summed E-state index contributed by atoms with van der Waals surface area (Å²) >= 11 is 0. The Balaban J connectivity index is 1.26. The third kappa shape index (κ3) is 4.95. The topological polar surface area (TPSA) is 55.8 Å². The fourth-order valence-electron chi connectivity index (χ4n) is 4.74. The van der Waals surface area contributed by atoms with Crippen molar-refractivity contribution in [3.63, 3.8) is 0 Å². The zero-order valence-electron chi connectivity index (χ0n) is 16.3. The van der Waals surface area contributed by atoms with Crippen molar-refractivity contribution in [1.82, 2.24) is 15.1 Å². The third-order valence-corrected chi connectivity index (χ3v) is 6.46. The lowest BCUT2D eigenvalue weighted by molar-refractivity contribution is 0.180. The molecular formula is C22H33N3O2.